The molecule has 0 saturated carbocycles. The molecule has 1 saturated heterocycles. The maximum absolute atomic E-state index is 12.7. The van der Waals surface area contributed by atoms with E-state index in [1.807, 2.05) is 25.1 Å². The highest BCUT2D eigenvalue weighted by molar-refractivity contribution is 5.86. The van der Waals surface area contributed by atoms with Gasteiger partial charge in [0.15, 0.2) is 0 Å². The van der Waals surface area contributed by atoms with E-state index in [2.05, 4.69) is 36.6 Å². The van der Waals surface area contributed by atoms with Crippen molar-refractivity contribution < 1.29 is 4.79 Å². The van der Waals surface area contributed by atoms with Crippen LogP contribution >= 0.6 is 0 Å². The summed E-state index contributed by atoms with van der Waals surface area (Å²) in [6, 6.07) is 10.5. The van der Waals surface area contributed by atoms with Gasteiger partial charge in [0.05, 0.1) is 11.6 Å². The van der Waals surface area contributed by atoms with E-state index in [1.54, 1.807) is 0 Å². The van der Waals surface area contributed by atoms with Crippen molar-refractivity contribution in [1.82, 2.24) is 10.6 Å². The molecule has 0 bridgehead atoms. The van der Waals surface area contributed by atoms with Gasteiger partial charge in [0.2, 0.25) is 5.91 Å². The fourth-order valence-electron chi connectivity index (χ4n) is 3.28. The lowest BCUT2D eigenvalue weighted by Crippen LogP contribution is -2.52. The fraction of sp³-hybridized carbons (Fsp3) is 0.611. The van der Waals surface area contributed by atoms with Crippen molar-refractivity contribution in [3.63, 3.8) is 0 Å². The average Bonchev–Trinajstić information content (AvgIpc) is 2.96. The van der Waals surface area contributed by atoms with Gasteiger partial charge in [-0.15, -0.1) is 0 Å². The van der Waals surface area contributed by atoms with E-state index in [0.29, 0.717) is 5.92 Å². The van der Waals surface area contributed by atoms with Gasteiger partial charge in [0.25, 0.3) is 0 Å². The predicted molar refractivity (Wildman–Crippen MR) is 87.0 cm³/mol. The minimum absolute atomic E-state index is 0.105. The maximum atomic E-state index is 12.7. The van der Waals surface area contributed by atoms with E-state index in [1.165, 1.54) is 5.56 Å². The minimum Gasteiger partial charge on any atom is -0.347 e. The third-order valence-corrected chi connectivity index (χ3v) is 4.84. The molecule has 2 N–H and O–H groups in total. The van der Waals surface area contributed by atoms with Crippen LogP contribution in [0.25, 0.3) is 0 Å². The monoisotopic (exact) mass is 288 g/mol. The molecule has 21 heavy (non-hydrogen) atoms. The van der Waals surface area contributed by atoms with E-state index in [-0.39, 0.29) is 11.9 Å². The van der Waals surface area contributed by atoms with Crippen molar-refractivity contribution in [1.29, 1.82) is 0 Å². The summed E-state index contributed by atoms with van der Waals surface area (Å²) >= 11 is 0. The number of hydrogen-bond acceptors (Lipinski definition) is 2. The summed E-state index contributed by atoms with van der Waals surface area (Å²) in [7, 11) is 0. The number of benzene rings is 1. The normalized spacial score (nSPS) is 23.2. The van der Waals surface area contributed by atoms with E-state index in [9.17, 15) is 4.79 Å². The molecule has 2 atom stereocenters. The molecule has 1 aliphatic rings. The zero-order valence-corrected chi connectivity index (χ0v) is 13.5. The number of rotatable bonds is 6. The van der Waals surface area contributed by atoms with Crippen LogP contribution in [0.2, 0.25) is 0 Å². The zero-order valence-electron chi connectivity index (χ0n) is 13.5. The van der Waals surface area contributed by atoms with Crippen molar-refractivity contribution >= 4 is 5.91 Å². The second-order valence-electron chi connectivity index (χ2n) is 6.30. The van der Waals surface area contributed by atoms with Crippen LogP contribution < -0.4 is 10.6 Å². The highest BCUT2D eigenvalue weighted by Crippen LogP contribution is 2.29. The standard InChI is InChI=1S/C18H28N2O/c1-4-14(5-2)16(15-10-7-6-8-11-15)20-17(21)18(3)12-9-13-19-18/h6-8,10-11,14,16,19H,4-5,9,12-13H2,1-3H3,(H,20,21). The molecule has 0 aromatic heterocycles. The quantitative estimate of drug-likeness (QED) is 0.842. The molecule has 1 fully saturated rings. The Morgan fingerprint density at radius 1 is 1.29 bits per heavy atom. The first-order valence-electron chi connectivity index (χ1n) is 8.21. The molecule has 0 radical (unpaired) electrons. The van der Waals surface area contributed by atoms with E-state index in [0.717, 1.165) is 32.2 Å². The number of carbonyl (C=O) groups is 1. The second-order valence-corrected chi connectivity index (χ2v) is 6.30. The zero-order chi connectivity index (χ0) is 15.3. The Bertz CT molecular complexity index is 448. The molecule has 1 aliphatic heterocycles. The Balaban J connectivity index is 2.18. The van der Waals surface area contributed by atoms with Crippen LogP contribution in [-0.2, 0) is 4.79 Å². The number of amides is 1. The van der Waals surface area contributed by atoms with Crippen molar-refractivity contribution in [3.05, 3.63) is 35.9 Å². The van der Waals surface area contributed by atoms with E-state index in [4.69, 9.17) is 0 Å². The Morgan fingerprint density at radius 3 is 2.48 bits per heavy atom. The van der Waals surface area contributed by atoms with Crippen molar-refractivity contribution in [2.45, 2.75) is 58.0 Å². The lowest BCUT2D eigenvalue weighted by atomic mass is 9.87. The highest BCUT2D eigenvalue weighted by atomic mass is 16.2. The third kappa shape index (κ3) is 3.65. The lowest BCUT2D eigenvalue weighted by molar-refractivity contribution is -0.127. The van der Waals surface area contributed by atoms with Gasteiger partial charge in [-0.2, -0.15) is 0 Å². The molecule has 2 rings (SSSR count). The van der Waals surface area contributed by atoms with Gasteiger partial charge in [0, 0.05) is 0 Å². The van der Waals surface area contributed by atoms with E-state index >= 15 is 0 Å². The summed E-state index contributed by atoms with van der Waals surface area (Å²) in [6.45, 7) is 7.35. The van der Waals surface area contributed by atoms with Gasteiger partial charge >= 0.3 is 0 Å². The van der Waals surface area contributed by atoms with Crippen molar-refractivity contribution in [3.8, 4) is 0 Å². The smallest absolute Gasteiger partial charge is 0.240 e. The van der Waals surface area contributed by atoms with Gasteiger partial charge in [-0.05, 0) is 37.8 Å². The summed E-state index contributed by atoms with van der Waals surface area (Å²) in [4.78, 5) is 12.7. The molecule has 3 nitrogen and oxygen atoms in total. The van der Waals surface area contributed by atoms with Crippen molar-refractivity contribution in [2.75, 3.05) is 6.54 Å². The Labute approximate surface area is 128 Å². The van der Waals surface area contributed by atoms with Crippen LogP contribution in [0, 0.1) is 5.92 Å². The van der Waals surface area contributed by atoms with Gasteiger partial charge in [-0.1, -0.05) is 57.0 Å². The summed E-state index contributed by atoms with van der Waals surface area (Å²) < 4.78 is 0. The van der Waals surface area contributed by atoms with Gasteiger partial charge in [-0.3, -0.25) is 4.79 Å². The first-order valence-corrected chi connectivity index (χ1v) is 8.21. The Kier molecular flexibility index (Phi) is 5.40. The summed E-state index contributed by atoms with van der Waals surface area (Å²) in [5, 5.41) is 6.67. The molecular formula is C18H28N2O. The lowest BCUT2D eigenvalue weighted by Gasteiger charge is -2.31. The number of nitrogens with one attached hydrogen (secondary N) is 2. The molecule has 1 aromatic carbocycles. The SMILES string of the molecule is CCC(CC)C(NC(=O)C1(C)CCCN1)c1ccccc1. The molecule has 0 aliphatic carbocycles. The van der Waals surface area contributed by atoms with Crippen LogP contribution in [0.5, 0.6) is 0 Å². The molecule has 1 aromatic rings. The molecule has 1 heterocycles. The minimum atomic E-state index is -0.404. The Hall–Kier alpha value is -1.35. The number of carbonyl (C=O) groups excluding carboxylic acids is 1. The van der Waals surface area contributed by atoms with Crippen LogP contribution in [0.15, 0.2) is 30.3 Å². The molecule has 1 amide bonds. The van der Waals surface area contributed by atoms with Crippen LogP contribution in [-0.4, -0.2) is 18.0 Å². The summed E-state index contributed by atoms with van der Waals surface area (Å²) in [5.74, 6) is 0.613. The topological polar surface area (TPSA) is 41.1 Å². The second kappa shape index (κ2) is 7.08. The molecule has 0 spiro atoms. The van der Waals surface area contributed by atoms with E-state index < -0.39 is 5.54 Å². The van der Waals surface area contributed by atoms with Crippen LogP contribution in [0.4, 0.5) is 0 Å². The molecule has 2 unspecified atom stereocenters. The fourth-order valence-corrected chi connectivity index (χ4v) is 3.28. The first kappa shape index (κ1) is 16.0. The van der Waals surface area contributed by atoms with Gasteiger partial charge < -0.3 is 10.6 Å². The highest BCUT2D eigenvalue weighted by Gasteiger charge is 2.37. The molecular weight excluding hydrogens is 260 g/mol. The summed E-state index contributed by atoms with van der Waals surface area (Å²) in [5.41, 5.74) is 0.806. The maximum Gasteiger partial charge on any atom is 0.240 e. The van der Waals surface area contributed by atoms with Crippen LogP contribution in [0.1, 0.15) is 58.1 Å². The van der Waals surface area contributed by atoms with Crippen LogP contribution in [0.3, 0.4) is 0 Å². The molecule has 3 heteroatoms. The number of hydrogen-bond donors (Lipinski definition) is 2. The third-order valence-electron chi connectivity index (χ3n) is 4.84. The van der Waals surface area contributed by atoms with Gasteiger partial charge in [-0.25, -0.2) is 0 Å². The summed E-state index contributed by atoms with van der Waals surface area (Å²) in [6.07, 6.45) is 4.13. The van der Waals surface area contributed by atoms with Gasteiger partial charge in [0.1, 0.15) is 0 Å². The Morgan fingerprint density at radius 2 is 1.95 bits per heavy atom. The first-order chi connectivity index (χ1) is 10.1. The predicted octanol–water partition coefficient (Wildman–Crippen LogP) is 3.42. The largest absolute Gasteiger partial charge is 0.347 e. The molecule has 116 valence electrons. The van der Waals surface area contributed by atoms with Crippen molar-refractivity contribution in [2.24, 2.45) is 5.92 Å². The average molecular weight is 288 g/mol.